The molecule has 0 unspecified atom stereocenters. The van der Waals surface area contributed by atoms with Gasteiger partial charge in [-0.15, -0.1) is 0 Å². The van der Waals surface area contributed by atoms with Gasteiger partial charge in [-0.25, -0.2) is 4.79 Å². The Hall–Kier alpha value is -3.98. The highest BCUT2D eigenvalue weighted by atomic mass is 35.5. The molecule has 1 heterocycles. The van der Waals surface area contributed by atoms with Gasteiger partial charge in [0.25, 0.3) is 10.1 Å². The lowest BCUT2D eigenvalue weighted by Crippen LogP contribution is -2.53. The second-order valence-corrected chi connectivity index (χ2v) is 16.0. The van der Waals surface area contributed by atoms with Gasteiger partial charge < -0.3 is 30.5 Å². The minimum absolute atomic E-state index is 0.0264. The number of carboxylic acids is 1. The molecule has 1 fully saturated rings. The maximum absolute atomic E-state index is 13.5. The fraction of sp³-hybridized carbons (Fsp3) is 0.514. The zero-order chi connectivity index (χ0) is 38.6. The molecule has 0 aromatic heterocycles. The summed E-state index contributed by atoms with van der Waals surface area (Å²) in [5, 5.41) is 18.0. The number of allylic oxidation sites excluding steroid dienone is 1. The first-order valence-corrected chi connectivity index (χ1v) is 19.3. The van der Waals surface area contributed by atoms with Crippen molar-refractivity contribution in [2.45, 2.75) is 90.7 Å². The van der Waals surface area contributed by atoms with Gasteiger partial charge in [0.1, 0.15) is 23.9 Å². The molecule has 52 heavy (non-hydrogen) atoms. The Balaban J connectivity index is 1.55. The topological polar surface area (TPSA) is 190 Å². The van der Waals surface area contributed by atoms with Crippen LogP contribution in [0.4, 0.5) is 0 Å². The van der Waals surface area contributed by atoms with Crippen molar-refractivity contribution in [3.63, 3.8) is 0 Å². The normalized spacial score (nSPS) is 17.0. The Bertz CT molecular complexity index is 1700. The molecule has 0 radical (unpaired) electrons. The van der Waals surface area contributed by atoms with Gasteiger partial charge in [-0.05, 0) is 80.3 Å². The van der Waals surface area contributed by atoms with E-state index in [9.17, 15) is 32.7 Å². The van der Waals surface area contributed by atoms with Crippen molar-refractivity contribution in [3.05, 3.63) is 76.3 Å². The summed E-state index contributed by atoms with van der Waals surface area (Å²) >= 11 is 6.31. The Morgan fingerprint density at radius 1 is 1.04 bits per heavy atom. The number of amides is 3. The van der Waals surface area contributed by atoms with Gasteiger partial charge in [-0.1, -0.05) is 61.9 Å². The number of nitrogens with one attached hydrogen (secondary N) is 3. The van der Waals surface area contributed by atoms with Gasteiger partial charge in [0.15, 0.2) is 0 Å². The van der Waals surface area contributed by atoms with E-state index >= 15 is 0 Å². The lowest BCUT2D eigenvalue weighted by molar-refractivity contribution is -0.144. The molecule has 1 saturated heterocycles. The SMILES string of the molecule is COc1ccc(C[C@@H](NC(=O)/C=C/CCC[C@H]2O[C@@H]2c2ccc(COS(C)(=O)=O)cc2)C(=O)NCC(C)(C)C(=O)N[C@@H](CC(C)C)C(=O)O)cc1Cl. The van der Waals surface area contributed by atoms with Gasteiger partial charge in [-0.3, -0.25) is 18.6 Å². The number of carboxylic acid groups (broad SMARTS) is 1. The molecule has 286 valence electrons. The van der Waals surface area contributed by atoms with Crippen molar-refractivity contribution in [2.24, 2.45) is 11.3 Å². The van der Waals surface area contributed by atoms with E-state index in [2.05, 4.69) is 16.0 Å². The predicted molar refractivity (Wildman–Crippen MR) is 196 cm³/mol. The van der Waals surface area contributed by atoms with E-state index < -0.39 is 51.3 Å². The molecule has 0 spiro atoms. The Morgan fingerprint density at radius 2 is 1.71 bits per heavy atom. The number of unbranched alkanes of at least 4 members (excludes halogenated alkanes) is 1. The number of carbonyl (C=O) groups is 4. The molecule has 13 nitrogen and oxygen atoms in total. The summed E-state index contributed by atoms with van der Waals surface area (Å²) in [5.41, 5.74) is 1.24. The summed E-state index contributed by atoms with van der Waals surface area (Å²) in [5.74, 6) is -2.16. The van der Waals surface area contributed by atoms with E-state index in [-0.39, 0.29) is 44.1 Å². The summed E-state index contributed by atoms with van der Waals surface area (Å²) in [7, 11) is -2.03. The maximum Gasteiger partial charge on any atom is 0.326 e. The lowest BCUT2D eigenvalue weighted by Gasteiger charge is -2.28. The monoisotopic (exact) mass is 763 g/mol. The van der Waals surface area contributed by atoms with Crippen LogP contribution in [-0.2, 0) is 51.2 Å². The van der Waals surface area contributed by atoms with Crippen molar-refractivity contribution < 1.29 is 46.4 Å². The van der Waals surface area contributed by atoms with Gasteiger partial charge in [0, 0.05) is 13.0 Å². The minimum Gasteiger partial charge on any atom is -0.495 e. The molecule has 15 heteroatoms. The number of rotatable bonds is 21. The average molecular weight is 764 g/mol. The van der Waals surface area contributed by atoms with Crippen LogP contribution in [0, 0.1) is 11.3 Å². The third-order valence-corrected chi connectivity index (χ3v) is 9.22. The van der Waals surface area contributed by atoms with E-state index in [1.165, 1.54) is 13.2 Å². The zero-order valence-electron chi connectivity index (χ0n) is 30.4. The summed E-state index contributed by atoms with van der Waals surface area (Å²) < 4.78 is 38.3. The van der Waals surface area contributed by atoms with Gasteiger partial charge >= 0.3 is 5.97 Å². The summed E-state index contributed by atoms with van der Waals surface area (Å²) in [6.07, 6.45) is 6.60. The number of hydrogen-bond acceptors (Lipinski definition) is 9. The van der Waals surface area contributed by atoms with Crippen LogP contribution in [0.15, 0.2) is 54.6 Å². The summed E-state index contributed by atoms with van der Waals surface area (Å²) in [4.78, 5) is 51.1. The van der Waals surface area contributed by atoms with E-state index in [0.717, 1.165) is 30.2 Å². The third kappa shape index (κ3) is 14.2. The van der Waals surface area contributed by atoms with E-state index in [1.807, 2.05) is 26.0 Å². The van der Waals surface area contributed by atoms with E-state index in [1.54, 1.807) is 50.3 Å². The highest BCUT2D eigenvalue weighted by Gasteiger charge is 2.39. The fourth-order valence-corrected chi connectivity index (χ4v) is 5.95. The van der Waals surface area contributed by atoms with Crippen LogP contribution in [0.1, 0.15) is 76.2 Å². The van der Waals surface area contributed by atoms with Crippen LogP contribution in [0.5, 0.6) is 5.75 Å². The van der Waals surface area contributed by atoms with Gasteiger partial charge in [0.2, 0.25) is 17.7 Å². The highest BCUT2D eigenvalue weighted by Crippen LogP contribution is 2.41. The maximum atomic E-state index is 13.5. The van der Waals surface area contributed by atoms with Crippen molar-refractivity contribution in [1.82, 2.24) is 16.0 Å². The number of hydrogen-bond donors (Lipinski definition) is 4. The van der Waals surface area contributed by atoms with Crippen molar-refractivity contribution >= 4 is 45.4 Å². The first-order valence-electron chi connectivity index (χ1n) is 17.1. The molecule has 3 amide bonds. The molecule has 0 bridgehead atoms. The number of carbonyl (C=O) groups excluding carboxylic acids is 3. The standard InChI is InChI=1S/C37H50ClN3O10S/c1-23(2)18-29(35(44)45)41-36(46)37(3,4)22-39-34(43)28(20-25-14-17-30(49-5)27(38)19-25)40-32(42)11-9-7-8-10-31-33(51-31)26-15-12-24(13-16-26)21-50-52(6,47)48/h9,11-17,19,23,28-29,31,33H,7-8,10,18,20-22H2,1-6H3,(H,39,43)(H,40,42)(H,41,46)(H,44,45)/b11-9+/t28-,29+,31-,33-/m1/s1. The van der Waals surface area contributed by atoms with E-state index in [0.29, 0.717) is 22.8 Å². The first kappa shape index (κ1) is 42.4. The lowest BCUT2D eigenvalue weighted by atomic mass is 9.91. The number of aliphatic carboxylic acids is 1. The molecule has 0 aliphatic carbocycles. The quantitative estimate of drug-likeness (QED) is 0.0611. The molecular weight excluding hydrogens is 714 g/mol. The van der Waals surface area contributed by atoms with Crippen molar-refractivity contribution in [3.8, 4) is 5.75 Å². The zero-order valence-corrected chi connectivity index (χ0v) is 32.0. The largest absolute Gasteiger partial charge is 0.495 e. The highest BCUT2D eigenvalue weighted by molar-refractivity contribution is 7.85. The second kappa shape index (κ2) is 19.2. The molecule has 3 rings (SSSR count). The smallest absolute Gasteiger partial charge is 0.326 e. The molecular formula is C37H50ClN3O10S. The third-order valence-electron chi connectivity index (χ3n) is 8.38. The Morgan fingerprint density at radius 3 is 2.31 bits per heavy atom. The molecule has 2 aromatic rings. The number of ether oxygens (including phenoxy) is 2. The summed E-state index contributed by atoms with van der Waals surface area (Å²) in [6, 6.07) is 10.4. The van der Waals surface area contributed by atoms with Crippen molar-refractivity contribution in [2.75, 3.05) is 19.9 Å². The number of methoxy groups -OCH3 is 1. The Labute approximate surface area is 310 Å². The van der Waals surface area contributed by atoms with Gasteiger partial charge in [-0.2, -0.15) is 8.42 Å². The molecule has 1 aliphatic rings. The van der Waals surface area contributed by atoms with E-state index in [4.69, 9.17) is 25.3 Å². The van der Waals surface area contributed by atoms with Crippen LogP contribution in [0.3, 0.4) is 0 Å². The van der Waals surface area contributed by atoms with Crippen LogP contribution in [0.2, 0.25) is 5.02 Å². The fourth-order valence-electron chi connectivity index (χ4n) is 5.32. The molecule has 4 N–H and O–H groups in total. The predicted octanol–water partition coefficient (Wildman–Crippen LogP) is 4.48. The number of epoxide rings is 1. The van der Waals surface area contributed by atoms with Crippen LogP contribution >= 0.6 is 11.6 Å². The van der Waals surface area contributed by atoms with Crippen LogP contribution < -0.4 is 20.7 Å². The average Bonchev–Trinajstić information content (AvgIpc) is 3.84. The number of benzene rings is 2. The van der Waals surface area contributed by atoms with Crippen LogP contribution in [0.25, 0.3) is 0 Å². The van der Waals surface area contributed by atoms with Crippen molar-refractivity contribution in [1.29, 1.82) is 0 Å². The Kier molecular flexibility index (Phi) is 15.7. The molecule has 4 atom stereocenters. The summed E-state index contributed by atoms with van der Waals surface area (Å²) in [6.45, 7) is 6.78. The molecule has 1 aliphatic heterocycles. The van der Waals surface area contributed by atoms with Gasteiger partial charge in [0.05, 0.1) is 36.5 Å². The molecule has 0 saturated carbocycles. The second-order valence-electron chi connectivity index (χ2n) is 14.0. The molecule has 2 aromatic carbocycles. The first-order chi connectivity index (χ1) is 24.4. The minimum atomic E-state index is -3.52. The number of halogens is 1. The van der Waals surface area contributed by atoms with Crippen LogP contribution in [-0.4, -0.2) is 75.3 Å².